The highest BCUT2D eigenvalue weighted by Crippen LogP contribution is 2.29. The predicted molar refractivity (Wildman–Crippen MR) is 71.8 cm³/mol. The molecule has 1 N–H and O–H groups in total. The summed E-state index contributed by atoms with van der Waals surface area (Å²) >= 11 is 5.85. The zero-order valence-electron chi connectivity index (χ0n) is 9.75. The standard InChI is InChI=1S/C14H9ClN2O2/c15-11-8-10(6-7-12(11)18)14-16-13(17-19-14)9-4-2-1-3-5-9/h1-8,18H. The SMILES string of the molecule is Oc1ccc(-c2nc(-c3ccccc3)no2)cc1Cl. The van der Waals surface area contributed by atoms with Gasteiger partial charge in [-0.2, -0.15) is 4.98 Å². The smallest absolute Gasteiger partial charge is 0.258 e. The van der Waals surface area contributed by atoms with E-state index in [1.165, 1.54) is 6.07 Å². The molecule has 2 aromatic carbocycles. The van der Waals surface area contributed by atoms with Crippen molar-refractivity contribution in [2.75, 3.05) is 0 Å². The number of halogens is 1. The molecule has 0 radical (unpaired) electrons. The Morgan fingerprint density at radius 2 is 1.79 bits per heavy atom. The van der Waals surface area contributed by atoms with E-state index in [1.807, 2.05) is 30.3 Å². The molecule has 3 aromatic rings. The number of benzene rings is 2. The van der Waals surface area contributed by atoms with Crippen LogP contribution in [-0.2, 0) is 0 Å². The highest BCUT2D eigenvalue weighted by atomic mass is 35.5. The average Bonchev–Trinajstić information content (AvgIpc) is 2.93. The maximum atomic E-state index is 9.38. The molecule has 0 aliphatic heterocycles. The first-order valence-electron chi connectivity index (χ1n) is 5.62. The molecule has 1 heterocycles. The molecular formula is C14H9ClN2O2. The van der Waals surface area contributed by atoms with Gasteiger partial charge in [-0.3, -0.25) is 0 Å². The summed E-state index contributed by atoms with van der Waals surface area (Å²) in [6.07, 6.45) is 0. The zero-order valence-corrected chi connectivity index (χ0v) is 10.5. The first-order valence-corrected chi connectivity index (χ1v) is 6.00. The third-order valence-corrected chi connectivity index (χ3v) is 2.96. The average molecular weight is 273 g/mol. The van der Waals surface area contributed by atoms with Crippen LogP contribution in [0.1, 0.15) is 0 Å². The number of phenolic OH excluding ortho intramolecular Hbond substituents is 1. The molecule has 4 nitrogen and oxygen atoms in total. The largest absolute Gasteiger partial charge is 0.506 e. The first kappa shape index (κ1) is 11.7. The summed E-state index contributed by atoms with van der Waals surface area (Å²) in [7, 11) is 0. The molecule has 0 unspecified atom stereocenters. The van der Waals surface area contributed by atoms with Gasteiger partial charge in [0.2, 0.25) is 5.82 Å². The third-order valence-electron chi connectivity index (χ3n) is 2.65. The lowest BCUT2D eigenvalue weighted by Gasteiger charge is -1.97. The number of nitrogens with zero attached hydrogens (tertiary/aromatic N) is 2. The summed E-state index contributed by atoms with van der Waals surface area (Å²) in [5.41, 5.74) is 1.54. The molecule has 94 valence electrons. The number of hydrogen-bond acceptors (Lipinski definition) is 4. The van der Waals surface area contributed by atoms with Gasteiger partial charge in [-0.15, -0.1) is 0 Å². The Morgan fingerprint density at radius 1 is 1.00 bits per heavy atom. The number of aromatic hydroxyl groups is 1. The van der Waals surface area contributed by atoms with Crippen molar-refractivity contribution in [1.29, 1.82) is 0 Å². The quantitative estimate of drug-likeness (QED) is 0.771. The Hall–Kier alpha value is -2.33. The van der Waals surface area contributed by atoms with E-state index in [-0.39, 0.29) is 10.8 Å². The van der Waals surface area contributed by atoms with Crippen molar-refractivity contribution in [3.05, 3.63) is 53.6 Å². The molecule has 0 amide bonds. The van der Waals surface area contributed by atoms with Crippen LogP contribution >= 0.6 is 11.6 Å². The van der Waals surface area contributed by atoms with Gasteiger partial charge in [0.15, 0.2) is 0 Å². The Bertz CT molecular complexity index is 710. The number of rotatable bonds is 2. The van der Waals surface area contributed by atoms with E-state index in [9.17, 15) is 5.11 Å². The monoisotopic (exact) mass is 272 g/mol. The second-order valence-electron chi connectivity index (χ2n) is 3.96. The Morgan fingerprint density at radius 3 is 2.53 bits per heavy atom. The molecule has 0 atom stereocenters. The van der Waals surface area contributed by atoms with Crippen molar-refractivity contribution in [2.24, 2.45) is 0 Å². The lowest BCUT2D eigenvalue weighted by molar-refractivity contribution is 0.432. The second-order valence-corrected chi connectivity index (χ2v) is 4.36. The van der Waals surface area contributed by atoms with Crippen LogP contribution in [0, 0.1) is 0 Å². The fraction of sp³-hybridized carbons (Fsp3) is 0. The first-order chi connectivity index (χ1) is 9.24. The van der Waals surface area contributed by atoms with Gasteiger partial charge in [0.25, 0.3) is 5.89 Å². The minimum Gasteiger partial charge on any atom is -0.506 e. The Kier molecular flexibility index (Phi) is 2.93. The van der Waals surface area contributed by atoms with Crippen LogP contribution in [0.3, 0.4) is 0 Å². The van der Waals surface area contributed by atoms with Gasteiger partial charge in [0.1, 0.15) is 5.75 Å². The van der Waals surface area contributed by atoms with Crippen molar-refractivity contribution in [3.8, 4) is 28.6 Å². The predicted octanol–water partition coefficient (Wildman–Crippen LogP) is 3.76. The minimum atomic E-state index is 0.0215. The highest BCUT2D eigenvalue weighted by Gasteiger charge is 2.11. The zero-order chi connectivity index (χ0) is 13.2. The molecule has 0 saturated heterocycles. The molecule has 0 bridgehead atoms. The van der Waals surface area contributed by atoms with Crippen LogP contribution in [0.4, 0.5) is 0 Å². The molecular weight excluding hydrogens is 264 g/mol. The van der Waals surface area contributed by atoms with Gasteiger partial charge in [0, 0.05) is 11.1 Å². The third kappa shape index (κ3) is 2.30. The molecule has 5 heteroatoms. The molecule has 0 saturated carbocycles. The van der Waals surface area contributed by atoms with Crippen LogP contribution < -0.4 is 0 Å². The summed E-state index contributed by atoms with van der Waals surface area (Å²) in [5, 5.41) is 13.5. The van der Waals surface area contributed by atoms with Gasteiger partial charge < -0.3 is 9.63 Å². The molecule has 1 aromatic heterocycles. The summed E-state index contributed by atoms with van der Waals surface area (Å²) in [5.74, 6) is 0.897. The van der Waals surface area contributed by atoms with E-state index in [0.29, 0.717) is 17.3 Å². The maximum absolute atomic E-state index is 9.38. The Balaban J connectivity index is 1.99. The van der Waals surface area contributed by atoms with E-state index in [4.69, 9.17) is 16.1 Å². The summed E-state index contributed by atoms with van der Waals surface area (Å²) in [6.45, 7) is 0. The van der Waals surface area contributed by atoms with Gasteiger partial charge in [-0.25, -0.2) is 0 Å². The highest BCUT2D eigenvalue weighted by molar-refractivity contribution is 6.32. The lowest BCUT2D eigenvalue weighted by Crippen LogP contribution is -1.81. The second kappa shape index (κ2) is 4.74. The van der Waals surface area contributed by atoms with E-state index < -0.39 is 0 Å². The molecule has 19 heavy (non-hydrogen) atoms. The van der Waals surface area contributed by atoms with Gasteiger partial charge >= 0.3 is 0 Å². The normalized spacial score (nSPS) is 10.6. The minimum absolute atomic E-state index is 0.0215. The van der Waals surface area contributed by atoms with Crippen molar-refractivity contribution in [2.45, 2.75) is 0 Å². The Labute approximate surface area is 114 Å². The van der Waals surface area contributed by atoms with E-state index in [1.54, 1.807) is 12.1 Å². The van der Waals surface area contributed by atoms with Crippen molar-refractivity contribution >= 4 is 11.6 Å². The van der Waals surface area contributed by atoms with Gasteiger partial charge in [-0.05, 0) is 18.2 Å². The van der Waals surface area contributed by atoms with E-state index in [0.717, 1.165) is 5.56 Å². The van der Waals surface area contributed by atoms with Crippen LogP contribution in [0.15, 0.2) is 53.1 Å². The number of aromatic nitrogens is 2. The van der Waals surface area contributed by atoms with Crippen molar-refractivity contribution in [3.63, 3.8) is 0 Å². The van der Waals surface area contributed by atoms with Gasteiger partial charge in [0.05, 0.1) is 5.02 Å². The fourth-order valence-corrected chi connectivity index (χ4v) is 1.87. The number of hydrogen-bond donors (Lipinski definition) is 1. The van der Waals surface area contributed by atoms with Gasteiger partial charge in [-0.1, -0.05) is 47.1 Å². The van der Waals surface area contributed by atoms with Crippen molar-refractivity contribution < 1.29 is 9.63 Å². The van der Waals surface area contributed by atoms with E-state index in [2.05, 4.69) is 10.1 Å². The maximum Gasteiger partial charge on any atom is 0.258 e. The van der Waals surface area contributed by atoms with Crippen LogP contribution in [0.5, 0.6) is 5.75 Å². The molecule has 0 aliphatic carbocycles. The summed E-state index contributed by atoms with van der Waals surface area (Å²) in [6, 6.07) is 14.3. The van der Waals surface area contributed by atoms with Crippen molar-refractivity contribution in [1.82, 2.24) is 10.1 Å². The molecule has 0 fully saturated rings. The number of phenols is 1. The molecule has 0 aliphatic rings. The summed E-state index contributed by atoms with van der Waals surface area (Å²) < 4.78 is 5.20. The molecule has 0 spiro atoms. The fourth-order valence-electron chi connectivity index (χ4n) is 1.69. The van der Waals surface area contributed by atoms with Crippen LogP contribution in [0.25, 0.3) is 22.8 Å². The molecule has 3 rings (SSSR count). The topological polar surface area (TPSA) is 59.2 Å². The van der Waals surface area contributed by atoms with Crippen LogP contribution in [0.2, 0.25) is 5.02 Å². The summed E-state index contributed by atoms with van der Waals surface area (Å²) in [4.78, 5) is 4.30. The van der Waals surface area contributed by atoms with Crippen LogP contribution in [-0.4, -0.2) is 15.2 Å². The lowest BCUT2D eigenvalue weighted by atomic mass is 10.2. The van der Waals surface area contributed by atoms with E-state index >= 15 is 0 Å².